The first-order valence-electron chi connectivity index (χ1n) is 6.81. The highest BCUT2D eigenvalue weighted by Gasteiger charge is 2.27. The highest BCUT2D eigenvalue weighted by molar-refractivity contribution is 4.94. The number of rotatable bonds is 4. The molecule has 17 heavy (non-hydrogen) atoms. The molecule has 1 aromatic rings. The Morgan fingerprint density at radius 1 is 1.12 bits per heavy atom. The Hall–Kier alpha value is -0.900. The van der Waals surface area contributed by atoms with E-state index in [2.05, 4.69) is 10.1 Å². The Balaban J connectivity index is 1.57. The fourth-order valence-electron chi connectivity index (χ4n) is 2.69. The SMILES string of the molecule is OC1CCCCC1Cc1nc(CC2CC2)no1. The predicted octanol–water partition coefficient (Wildman–Crippen LogP) is 2.12. The van der Waals surface area contributed by atoms with Crippen LogP contribution in [0.5, 0.6) is 0 Å². The third-order valence-corrected chi connectivity index (χ3v) is 3.98. The lowest BCUT2D eigenvalue weighted by atomic mass is 9.84. The first-order chi connectivity index (χ1) is 8.31. The number of hydrogen-bond acceptors (Lipinski definition) is 4. The summed E-state index contributed by atoms with van der Waals surface area (Å²) in [7, 11) is 0. The molecule has 0 aromatic carbocycles. The van der Waals surface area contributed by atoms with Crippen molar-refractivity contribution in [2.24, 2.45) is 11.8 Å². The van der Waals surface area contributed by atoms with E-state index in [9.17, 15) is 5.11 Å². The van der Waals surface area contributed by atoms with Crippen molar-refractivity contribution in [3.8, 4) is 0 Å². The van der Waals surface area contributed by atoms with Gasteiger partial charge in [-0.1, -0.05) is 18.0 Å². The van der Waals surface area contributed by atoms with Crippen LogP contribution in [-0.2, 0) is 12.8 Å². The van der Waals surface area contributed by atoms with Crippen LogP contribution in [0.4, 0.5) is 0 Å². The average molecular weight is 236 g/mol. The van der Waals surface area contributed by atoms with E-state index in [0.717, 1.165) is 43.8 Å². The smallest absolute Gasteiger partial charge is 0.227 e. The number of hydrogen-bond donors (Lipinski definition) is 1. The molecule has 0 spiro atoms. The zero-order valence-electron chi connectivity index (χ0n) is 10.1. The molecule has 2 saturated carbocycles. The van der Waals surface area contributed by atoms with Gasteiger partial charge >= 0.3 is 0 Å². The molecule has 1 heterocycles. The molecule has 2 atom stereocenters. The minimum atomic E-state index is -0.178. The summed E-state index contributed by atoms with van der Waals surface area (Å²) in [6, 6.07) is 0. The monoisotopic (exact) mass is 236 g/mol. The van der Waals surface area contributed by atoms with Gasteiger partial charge < -0.3 is 9.63 Å². The molecule has 4 heteroatoms. The maximum absolute atomic E-state index is 9.90. The topological polar surface area (TPSA) is 59.2 Å². The molecule has 0 saturated heterocycles. The van der Waals surface area contributed by atoms with Gasteiger partial charge in [-0.3, -0.25) is 0 Å². The van der Waals surface area contributed by atoms with Gasteiger partial charge in [0, 0.05) is 12.8 Å². The minimum absolute atomic E-state index is 0.178. The lowest BCUT2D eigenvalue weighted by molar-refractivity contribution is 0.0657. The van der Waals surface area contributed by atoms with Crippen molar-refractivity contribution in [1.82, 2.24) is 10.1 Å². The molecular weight excluding hydrogens is 216 g/mol. The summed E-state index contributed by atoms with van der Waals surface area (Å²) in [6.07, 6.45) is 8.53. The summed E-state index contributed by atoms with van der Waals surface area (Å²) in [4.78, 5) is 4.43. The Kier molecular flexibility index (Phi) is 3.14. The quantitative estimate of drug-likeness (QED) is 0.870. The van der Waals surface area contributed by atoms with Crippen LogP contribution in [0.25, 0.3) is 0 Å². The van der Waals surface area contributed by atoms with Gasteiger partial charge in [-0.2, -0.15) is 4.98 Å². The molecule has 0 bridgehead atoms. The van der Waals surface area contributed by atoms with Gasteiger partial charge in [-0.15, -0.1) is 0 Å². The van der Waals surface area contributed by atoms with Crippen LogP contribution in [-0.4, -0.2) is 21.4 Å². The van der Waals surface area contributed by atoms with Crippen LogP contribution < -0.4 is 0 Å². The molecule has 0 radical (unpaired) electrons. The number of aliphatic hydroxyl groups is 1. The number of aromatic nitrogens is 2. The van der Waals surface area contributed by atoms with Crippen LogP contribution in [0.2, 0.25) is 0 Å². The molecule has 3 rings (SSSR count). The highest BCUT2D eigenvalue weighted by Crippen LogP contribution is 2.32. The van der Waals surface area contributed by atoms with Gasteiger partial charge in [0.05, 0.1) is 6.10 Å². The van der Waals surface area contributed by atoms with Gasteiger partial charge in [-0.05, 0) is 37.5 Å². The van der Waals surface area contributed by atoms with Crippen molar-refractivity contribution in [3.63, 3.8) is 0 Å². The summed E-state index contributed by atoms with van der Waals surface area (Å²) in [6.45, 7) is 0. The van der Waals surface area contributed by atoms with Crippen LogP contribution in [0.1, 0.15) is 50.2 Å². The van der Waals surface area contributed by atoms with Crippen molar-refractivity contribution in [2.75, 3.05) is 0 Å². The fourth-order valence-corrected chi connectivity index (χ4v) is 2.69. The number of nitrogens with zero attached hydrogens (tertiary/aromatic N) is 2. The Labute approximate surface area is 101 Å². The van der Waals surface area contributed by atoms with E-state index in [0.29, 0.717) is 11.8 Å². The standard InChI is InChI=1S/C13H20N2O2/c16-11-4-2-1-3-10(11)8-13-14-12(15-17-13)7-9-5-6-9/h9-11,16H,1-8H2. The Morgan fingerprint density at radius 3 is 2.71 bits per heavy atom. The molecule has 2 aliphatic rings. The van der Waals surface area contributed by atoms with E-state index in [4.69, 9.17) is 4.52 Å². The Morgan fingerprint density at radius 2 is 1.94 bits per heavy atom. The normalized spacial score (nSPS) is 29.5. The second-order valence-electron chi connectivity index (χ2n) is 5.57. The van der Waals surface area contributed by atoms with Gasteiger partial charge in [-0.25, -0.2) is 0 Å². The van der Waals surface area contributed by atoms with E-state index >= 15 is 0 Å². The second-order valence-corrected chi connectivity index (χ2v) is 5.57. The van der Waals surface area contributed by atoms with Crippen LogP contribution in [0, 0.1) is 11.8 Å². The van der Waals surface area contributed by atoms with Crippen LogP contribution in [0.3, 0.4) is 0 Å². The molecule has 2 fully saturated rings. The lowest BCUT2D eigenvalue weighted by Crippen LogP contribution is -2.26. The molecule has 0 amide bonds. The molecule has 4 nitrogen and oxygen atoms in total. The summed E-state index contributed by atoms with van der Waals surface area (Å²) < 4.78 is 5.27. The molecular formula is C13H20N2O2. The summed E-state index contributed by atoms with van der Waals surface area (Å²) in [5.41, 5.74) is 0. The molecule has 1 N–H and O–H groups in total. The van der Waals surface area contributed by atoms with Crippen molar-refractivity contribution < 1.29 is 9.63 Å². The zero-order valence-corrected chi connectivity index (χ0v) is 10.1. The number of aliphatic hydroxyl groups excluding tert-OH is 1. The Bertz CT molecular complexity index is 373. The second kappa shape index (κ2) is 4.77. The van der Waals surface area contributed by atoms with Gasteiger partial charge in [0.2, 0.25) is 5.89 Å². The van der Waals surface area contributed by atoms with Crippen LogP contribution in [0.15, 0.2) is 4.52 Å². The molecule has 0 aliphatic heterocycles. The first-order valence-corrected chi connectivity index (χ1v) is 6.81. The average Bonchev–Trinajstić information content (AvgIpc) is 3.02. The van der Waals surface area contributed by atoms with Crippen LogP contribution >= 0.6 is 0 Å². The molecule has 2 unspecified atom stereocenters. The summed E-state index contributed by atoms with van der Waals surface area (Å²) in [5.74, 6) is 2.68. The fraction of sp³-hybridized carbons (Fsp3) is 0.846. The van der Waals surface area contributed by atoms with Gasteiger partial charge in [0.25, 0.3) is 0 Å². The molecule has 94 valence electrons. The van der Waals surface area contributed by atoms with Crippen molar-refractivity contribution in [1.29, 1.82) is 0 Å². The van der Waals surface area contributed by atoms with E-state index in [1.54, 1.807) is 0 Å². The third-order valence-electron chi connectivity index (χ3n) is 3.98. The third kappa shape index (κ3) is 2.86. The van der Waals surface area contributed by atoms with Gasteiger partial charge in [0.1, 0.15) is 0 Å². The highest BCUT2D eigenvalue weighted by atomic mass is 16.5. The van der Waals surface area contributed by atoms with E-state index in [1.165, 1.54) is 19.3 Å². The lowest BCUT2D eigenvalue weighted by Gasteiger charge is -2.26. The van der Waals surface area contributed by atoms with E-state index < -0.39 is 0 Å². The van der Waals surface area contributed by atoms with Crippen molar-refractivity contribution in [3.05, 3.63) is 11.7 Å². The van der Waals surface area contributed by atoms with Crippen molar-refractivity contribution in [2.45, 2.75) is 57.5 Å². The summed E-state index contributed by atoms with van der Waals surface area (Å²) in [5, 5.41) is 13.9. The maximum Gasteiger partial charge on any atom is 0.227 e. The predicted molar refractivity (Wildman–Crippen MR) is 62.4 cm³/mol. The zero-order chi connectivity index (χ0) is 11.7. The van der Waals surface area contributed by atoms with Crippen molar-refractivity contribution >= 4 is 0 Å². The largest absolute Gasteiger partial charge is 0.393 e. The van der Waals surface area contributed by atoms with E-state index in [-0.39, 0.29) is 6.10 Å². The molecule has 1 aromatic heterocycles. The maximum atomic E-state index is 9.90. The molecule has 2 aliphatic carbocycles. The summed E-state index contributed by atoms with van der Waals surface area (Å²) >= 11 is 0. The van der Waals surface area contributed by atoms with E-state index in [1.807, 2.05) is 0 Å². The first kappa shape index (κ1) is 11.2. The minimum Gasteiger partial charge on any atom is -0.393 e. The van der Waals surface area contributed by atoms with Gasteiger partial charge in [0.15, 0.2) is 5.82 Å².